The van der Waals surface area contributed by atoms with E-state index in [1.807, 2.05) is 0 Å². The number of aromatic hydroxyl groups is 1. The third-order valence-electron chi connectivity index (χ3n) is 2.67. The lowest BCUT2D eigenvalue weighted by molar-refractivity contribution is 0.130. The summed E-state index contributed by atoms with van der Waals surface area (Å²) < 4.78 is 6.63. The number of nitrogens with zero attached hydrogens (tertiary/aromatic N) is 1. The summed E-state index contributed by atoms with van der Waals surface area (Å²) in [6.45, 7) is 0.825. The Morgan fingerprint density at radius 1 is 1.25 bits per heavy atom. The molecule has 0 spiro atoms. The lowest BCUT2D eigenvalue weighted by Crippen LogP contribution is -2.17. The van der Waals surface area contributed by atoms with Crippen molar-refractivity contribution in [2.75, 3.05) is 0 Å². The Balaban J connectivity index is 2.14. The van der Waals surface area contributed by atoms with Gasteiger partial charge < -0.3 is 9.84 Å². The maximum absolute atomic E-state index is 11.9. The van der Waals surface area contributed by atoms with Crippen LogP contribution in [0, 0.1) is 0 Å². The van der Waals surface area contributed by atoms with E-state index in [1.54, 1.807) is 24.3 Å². The topological polar surface area (TPSA) is 67.2 Å². The number of phenolic OH excluding ortho intramolecular Hbond substituents is 1. The van der Waals surface area contributed by atoms with Crippen molar-refractivity contribution in [2.45, 2.75) is 13.2 Å². The van der Waals surface area contributed by atoms with Crippen molar-refractivity contribution < 1.29 is 9.84 Å². The number of benzene rings is 1. The van der Waals surface area contributed by atoms with E-state index in [2.05, 4.69) is 5.10 Å². The molecule has 3 rings (SSSR count). The average molecular weight is 218 g/mol. The molecule has 16 heavy (non-hydrogen) atoms. The van der Waals surface area contributed by atoms with Crippen LogP contribution < -0.4 is 5.56 Å². The fourth-order valence-corrected chi connectivity index (χ4v) is 1.82. The summed E-state index contributed by atoms with van der Waals surface area (Å²) in [5, 5.41) is 12.2. The fraction of sp³-hybridized carbons (Fsp3) is 0.182. The van der Waals surface area contributed by atoms with E-state index in [1.165, 1.54) is 4.68 Å². The Hall–Kier alpha value is -2.01. The second kappa shape index (κ2) is 3.24. The molecule has 0 atom stereocenters. The molecule has 0 amide bonds. The minimum atomic E-state index is -0.0850. The minimum Gasteiger partial charge on any atom is -0.508 e. The van der Waals surface area contributed by atoms with Gasteiger partial charge in [-0.2, -0.15) is 0 Å². The highest BCUT2D eigenvalue weighted by molar-refractivity contribution is 5.37. The number of nitrogens with one attached hydrogen (secondary N) is 1. The van der Waals surface area contributed by atoms with Gasteiger partial charge in [-0.15, -0.1) is 0 Å². The molecule has 1 aromatic carbocycles. The molecule has 0 unspecified atom stereocenters. The van der Waals surface area contributed by atoms with E-state index in [9.17, 15) is 9.90 Å². The summed E-state index contributed by atoms with van der Waals surface area (Å²) in [7, 11) is 0. The van der Waals surface area contributed by atoms with Crippen LogP contribution in [-0.4, -0.2) is 14.9 Å². The first-order valence-corrected chi connectivity index (χ1v) is 4.95. The predicted molar refractivity (Wildman–Crippen MR) is 56.5 cm³/mol. The highest BCUT2D eigenvalue weighted by Gasteiger charge is 2.20. The summed E-state index contributed by atoms with van der Waals surface area (Å²) in [5.74, 6) is 0.180. The Morgan fingerprint density at radius 3 is 2.69 bits per heavy atom. The molecule has 5 nitrogen and oxygen atoms in total. The molecular formula is C11H10N2O3. The molecule has 0 bridgehead atoms. The van der Waals surface area contributed by atoms with Crippen LogP contribution >= 0.6 is 0 Å². The van der Waals surface area contributed by atoms with Gasteiger partial charge >= 0.3 is 0 Å². The molecule has 5 heteroatoms. The lowest BCUT2D eigenvalue weighted by Gasteiger charge is -2.02. The van der Waals surface area contributed by atoms with Crippen LogP contribution in [0.5, 0.6) is 5.75 Å². The van der Waals surface area contributed by atoms with Gasteiger partial charge in [0.1, 0.15) is 5.75 Å². The number of hydrogen-bond acceptors (Lipinski definition) is 3. The number of hydrogen-bond donors (Lipinski definition) is 2. The Morgan fingerprint density at radius 2 is 2.00 bits per heavy atom. The largest absolute Gasteiger partial charge is 0.508 e. The molecule has 1 aromatic heterocycles. The first-order valence-electron chi connectivity index (χ1n) is 4.95. The average Bonchev–Trinajstić information content (AvgIpc) is 2.84. The molecule has 2 aromatic rings. The van der Waals surface area contributed by atoms with E-state index in [0.717, 1.165) is 5.69 Å². The second-order valence-corrected chi connectivity index (χ2v) is 3.72. The van der Waals surface area contributed by atoms with Crippen LogP contribution in [0.15, 0.2) is 29.1 Å². The van der Waals surface area contributed by atoms with Gasteiger partial charge in [0.25, 0.3) is 5.56 Å². The summed E-state index contributed by atoms with van der Waals surface area (Å²) in [6, 6.07) is 6.46. The van der Waals surface area contributed by atoms with Crippen LogP contribution in [0.1, 0.15) is 11.3 Å². The number of ether oxygens (including phenoxy) is 1. The molecule has 82 valence electrons. The summed E-state index contributed by atoms with van der Waals surface area (Å²) in [5.41, 5.74) is 2.14. The van der Waals surface area contributed by atoms with Crippen molar-refractivity contribution in [1.82, 2.24) is 9.78 Å². The van der Waals surface area contributed by atoms with Crippen molar-refractivity contribution in [2.24, 2.45) is 0 Å². The van der Waals surface area contributed by atoms with Gasteiger partial charge in [0.2, 0.25) is 0 Å². The maximum atomic E-state index is 11.9. The van der Waals surface area contributed by atoms with E-state index >= 15 is 0 Å². The highest BCUT2D eigenvalue weighted by atomic mass is 16.5. The molecule has 2 heterocycles. The standard InChI is InChI=1S/C11H10N2O3/c14-8-3-1-7(2-4-8)13-11(15)9-5-16-6-10(9)12-13/h1-4,12,14H,5-6H2. The molecule has 0 radical (unpaired) electrons. The molecule has 0 aliphatic carbocycles. The first kappa shape index (κ1) is 9.23. The third kappa shape index (κ3) is 1.25. The SMILES string of the molecule is O=c1c2c([nH]n1-c1ccc(O)cc1)COC2. The van der Waals surface area contributed by atoms with Gasteiger partial charge in [-0.3, -0.25) is 9.89 Å². The van der Waals surface area contributed by atoms with Gasteiger partial charge in [-0.25, -0.2) is 4.68 Å². The van der Waals surface area contributed by atoms with Gasteiger partial charge in [0.15, 0.2) is 0 Å². The molecule has 1 aliphatic rings. The van der Waals surface area contributed by atoms with Crippen molar-refractivity contribution in [3.63, 3.8) is 0 Å². The Labute approximate surface area is 90.9 Å². The van der Waals surface area contributed by atoms with Crippen LogP contribution in [-0.2, 0) is 18.0 Å². The zero-order valence-corrected chi connectivity index (χ0v) is 8.43. The Kier molecular flexibility index (Phi) is 1.87. The number of phenols is 1. The fourth-order valence-electron chi connectivity index (χ4n) is 1.82. The first-order chi connectivity index (χ1) is 7.75. The van der Waals surface area contributed by atoms with Crippen molar-refractivity contribution in [1.29, 1.82) is 0 Å². The van der Waals surface area contributed by atoms with Crippen LogP contribution in [0.25, 0.3) is 5.69 Å². The van der Waals surface area contributed by atoms with Crippen LogP contribution in [0.2, 0.25) is 0 Å². The van der Waals surface area contributed by atoms with Gasteiger partial charge in [0, 0.05) is 0 Å². The zero-order valence-electron chi connectivity index (χ0n) is 8.43. The smallest absolute Gasteiger partial charge is 0.277 e. The number of H-pyrrole nitrogens is 1. The van der Waals surface area contributed by atoms with Gasteiger partial charge in [-0.1, -0.05) is 0 Å². The predicted octanol–water partition coefficient (Wildman–Crippen LogP) is 0.901. The van der Waals surface area contributed by atoms with Gasteiger partial charge in [0.05, 0.1) is 30.2 Å². The zero-order chi connectivity index (χ0) is 11.1. The monoisotopic (exact) mass is 218 g/mol. The molecule has 2 N–H and O–H groups in total. The van der Waals surface area contributed by atoms with Crippen molar-refractivity contribution >= 4 is 0 Å². The normalized spacial score (nSPS) is 14.0. The Bertz CT molecular complexity index is 580. The van der Waals surface area contributed by atoms with E-state index in [-0.39, 0.29) is 11.3 Å². The number of rotatable bonds is 1. The quantitative estimate of drug-likeness (QED) is 0.747. The number of aromatic amines is 1. The van der Waals surface area contributed by atoms with E-state index in [4.69, 9.17) is 4.74 Å². The number of fused-ring (bicyclic) bond motifs is 1. The lowest BCUT2D eigenvalue weighted by atomic mass is 10.3. The second-order valence-electron chi connectivity index (χ2n) is 3.72. The third-order valence-corrected chi connectivity index (χ3v) is 2.67. The summed E-state index contributed by atoms with van der Waals surface area (Å²) in [6.07, 6.45) is 0. The van der Waals surface area contributed by atoms with Crippen molar-refractivity contribution in [3.8, 4) is 11.4 Å². The minimum absolute atomic E-state index is 0.0850. The van der Waals surface area contributed by atoms with Gasteiger partial charge in [-0.05, 0) is 24.3 Å². The van der Waals surface area contributed by atoms with Crippen molar-refractivity contribution in [3.05, 3.63) is 45.9 Å². The van der Waals surface area contributed by atoms with Crippen LogP contribution in [0.4, 0.5) is 0 Å². The number of aromatic nitrogens is 2. The maximum Gasteiger partial charge on any atom is 0.277 e. The summed E-state index contributed by atoms with van der Waals surface area (Å²) >= 11 is 0. The summed E-state index contributed by atoms with van der Waals surface area (Å²) in [4.78, 5) is 11.9. The molecule has 0 saturated carbocycles. The van der Waals surface area contributed by atoms with E-state index < -0.39 is 0 Å². The van der Waals surface area contributed by atoms with Crippen LogP contribution in [0.3, 0.4) is 0 Å². The molecule has 0 saturated heterocycles. The highest BCUT2D eigenvalue weighted by Crippen LogP contribution is 2.17. The molecule has 0 fully saturated rings. The molecule has 1 aliphatic heterocycles. The van der Waals surface area contributed by atoms with E-state index in [0.29, 0.717) is 24.5 Å². The molecular weight excluding hydrogens is 208 g/mol.